The first kappa shape index (κ1) is 14.0. The van der Waals surface area contributed by atoms with Crippen LogP contribution in [0.5, 0.6) is 0 Å². The van der Waals surface area contributed by atoms with Crippen LogP contribution in [0.25, 0.3) is 0 Å². The Bertz CT molecular complexity index is 722. The van der Waals surface area contributed by atoms with Crippen LogP contribution in [-0.4, -0.2) is 27.3 Å². The second-order valence-electron chi connectivity index (χ2n) is 4.92. The van der Waals surface area contributed by atoms with Crippen LogP contribution in [0.1, 0.15) is 23.1 Å². The lowest BCUT2D eigenvalue weighted by atomic mass is 9.97. The Labute approximate surface area is 127 Å². The van der Waals surface area contributed by atoms with E-state index in [9.17, 15) is 4.79 Å². The molecule has 1 amide bonds. The molecule has 0 saturated heterocycles. The van der Waals surface area contributed by atoms with E-state index in [0.29, 0.717) is 23.7 Å². The Balaban J connectivity index is 1.72. The molecule has 2 heterocycles. The van der Waals surface area contributed by atoms with Gasteiger partial charge in [0.2, 0.25) is 0 Å². The third-order valence-electron chi connectivity index (χ3n) is 3.62. The molecule has 21 heavy (non-hydrogen) atoms. The number of aromatic nitrogens is 3. The fraction of sp³-hybridized carbons (Fsp3) is 0.357. The number of hydrogen-bond acceptors (Lipinski definition) is 4. The molecular weight excluding hydrogens is 288 g/mol. The van der Waals surface area contributed by atoms with Gasteiger partial charge >= 0.3 is 0 Å². The number of fused-ring (bicyclic) bond motifs is 1. The summed E-state index contributed by atoms with van der Waals surface area (Å²) in [5, 5.41) is 9.61. The van der Waals surface area contributed by atoms with Crippen molar-refractivity contribution in [1.29, 1.82) is 0 Å². The van der Waals surface area contributed by atoms with Gasteiger partial charge in [-0.25, -0.2) is 0 Å². The number of H-pyrrole nitrogens is 1. The van der Waals surface area contributed by atoms with Crippen molar-refractivity contribution >= 4 is 18.1 Å². The van der Waals surface area contributed by atoms with Crippen LogP contribution < -0.4 is 5.32 Å². The van der Waals surface area contributed by atoms with E-state index in [2.05, 4.69) is 15.5 Å². The zero-order chi connectivity index (χ0) is 14.8. The lowest BCUT2D eigenvalue weighted by molar-refractivity contribution is -0.134. The Morgan fingerprint density at radius 2 is 2.38 bits per heavy atom. The van der Waals surface area contributed by atoms with Crippen LogP contribution in [0.15, 0.2) is 24.3 Å². The quantitative estimate of drug-likeness (QED) is 0.841. The van der Waals surface area contributed by atoms with Gasteiger partial charge in [-0.05, 0) is 29.8 Å². The van der Waals surface area contributed by atoms with Gasteiger partial charge in [0, 0.05) is 7.05 Å². The van der Waals surface area contributed by atoms with Crippen molar-refractivity contribution in [2.45, 2.75) is 19.1 Å². The maximum atomic E-state index is 12.3. The predicted octanol–water partition coefficient (Wildman–Crippen LogP) is 1.41. The highest BCUT2D eigenvalue weighted by Crippen LogP contribution is 2.26. The van der Waals surface area contributed by atoms with E-state index < -0.39 is 6.10 Å². The smallest absolute Gasteiger partial charge is 0.254 e. The summed E-state index contributed by atoms with van der Waals surface area (Å²) in [6.45, 7) is 0.867. The standard InChI is InChI=1S/C14H16N4O2S/c1-18-11(16-17-14(18)21)8-15-13(19)12-10-5-3-2-4-9(10)6-7-20-12/h2-5,12H,6-8H2,1H3,(H,15,19)(H,17,21)/t12-/m1/s1. The summed E-state index contributed by atoms with van der Waals surface area (Å²) in [7, 11) is 1.81. The average Bonchev–Trinajstić information content (AvgIpc) is 2.84. The van der Waals surface area contributed by atoms with Crippen LogP contribution in [0.2, 0.25) is 0 Å². The molecular formula is C14H16N4O2S. The molecule has 0 unspecified atom stereocenters. The summed E-state index contributed by atoms with van der Waals surface area (Å²) in [5.41, 5.74) is 2.11. The molecule has 0 bridgehead atoms. The summed E-state index contributed by atoms with van der Waals surface area (Å²) >= 11 is 5.04. The fourth-order valence-electron chi connectivity index (χ4n) is 2.41. The van der Waals surface area contributed by atoms with Crippen LogP contribution in [0, 0.1) is 4.77 Å². The van der Waals surface area contributed by atoms with Crippen molar-refractivity contribution in [3.63, 3.8) is 0 Å². The Morgan fingerprint density at radius 1 is 1.57 bits per heavy atom. The lowest BCUT2D eigenvalue weighted by Crippen LogP contribution is -2.34. The van der Waals surface area contributed by atoms with Crippen LogP contribution >= 0.6 is 12.2 Å². The number of amides is 1. The number of rotatable bonds is 3. The average molecular weight is 304 g/mol. The normalized spacial score (nSPS) is 17.3. The first-order valence-electron chi connectivity index (χ1n) is 6.74. The number of carbonyl (C=O) groups is 1. The maximum Gasteiger partial charge on any atom is 0.254 e. The van der Waals surface area contributed by atoms with E-state index >= 15 is 0 Å². The summed E-state index contributed by atoms with van der Waals surface area (Å²) in [5.74, 6) is 0.522. The van der Waals surface area contributed by atoms with Crippen molar-refractivity contribution in [1.82, 2.24) is 20.1 Å². The third-order valence-corrected chi connectivity index (χ3v) is 3.99. The number of nitrogens with one attached hydrogen (secondary N) is 2. The monoisotopic (exact) mass is 304 g/mol. The zero-order valence-electron chi connectivity index (χ0n) is 11.6. The van der Waals surface area contributed by atoms with Crippen LogP contribution in [0.4, 0.5) is 0 Å². The molecule has 6 nitrogen and oxygen atoms in total. The molecule has 1 aromatic heterocycles. The minimum absolute atomic E-state index is 0.156. The van der Waals surface area contributed by atoms with Gasteiger partial charge in [-0.1, -0.05) is 24.3 Å². The summed E-state index contributed by atoms with van der Waals surface area (Å²) in [6.07, 6.45) is 0.287. The van der Waals surface area contributed by atoms with Gasteiger partial charge in [-0.15, -0.1) is 0 Å². The molecule has 0 spiro atoms. The van der Waals surface area contributed by atoms with Crippen LogP contribution in [-0.2, 0) is 29.5 Å². The van der Waals surface area contributed by atoms with E-state index in [1.165, 1.54) is 5.56 Å². The fourth-order valence-corrected chi connectivity index (χ4v) is 2.56. The summed E-state index contributed by atoms with van der Waals surface area (Å²) in [6, 6.07) is 7.88. The summed E-state index contributed by atoms with van der Waals surface area (Å²) in [4.78, 5) is 12.3. The highest BCUT2D eigenvalue weighted by molar-refractivity contribution is 7.71. The molecule has 1 aliphatic heterocycles. The Kier molecular flexibility index (Phi) is 3.85. The molecule has 2 aromatic rings. The van der Waals surface area contributed by atoms with Gasteiger partial charge in [0.15, 0.2) is 16.7 Å². The Hall–Kier alpha value is -1.99. The number of benzene rings is 1. The molecule has 0 saturated carbocycles. The SMILES string of the molecule is Cn1c(CNC(=O)[C@@H]2OCCc3ccccc32)n[nH]c1=S. The number of aromatic amines is 1. The van der Waals surface area contributed by atoms with Crippen LogP contribution in [0.3, 0.4) is 0 Å². The highest BCUT2D eigenvalue weighted by Gasteiger charge is 2.27. The van der Waals surface area contributed by atoms with Crippen molar-refractivity contribution in [3.8, 4) is 0 Å². The number of hydrogen-bond donors (Lipinski definition) is 2. The third kappa shape index (κ3) is 2.74. The maximum absolute atomic E-state index is 12.3. The molecule has 1 aromatic carbocycles. The van der Waals surface area contributed by atoms with E-state index in [1.54, 1.807) is 11.6 Å². The van der Waals surface area contributed by atoms with Gasteiger partial charge in [0.05, 0.1) is 13.2 Å². The lowest BCUT2D eigenvalue weighted by Gasteiger charge is -2.25. The molecule has 1 aliphatic rings. The molecule has 0 fully saturated rings. The van der Waals surface area contributed by atoms with Crippen molar-refractivity contribution < 1.29 is 9.53 Å². The van der Waals surface area contributed by atoms with Crippen molar-refractivity contribution in [3.05, 3.63) is 46.0 Å². The molecule has 1 atom stereocenters. The number of carbonyl (C=O) groups excluding carboxylic acids is 1. The van der Waals surface area contributed by atoms with E-state index in [1.807, 2.05) is 24.3 Å². The van der Waals surface area contributed by atoms with Gasteiger partial charge in [-0.3, -0.25) is 9.89 Å². The number of ether oxygens (including phenoxy) is 1. The minimum atomic E-state index is -0.554. The molecule has 3 rings (SSSR count). The van der Waals surface area contributed by atoms with E-state index in [0.717, 1.165) is 12.0 Å². The molecule has 2 N–H and O–H groups in total. The second kappa shape index (κ2) is 5.79. The van der Waals surface area contributed by atoms with Gasteiger partial charge in [0.1, 0.15) is 0 Å². The first-order valence-corrected chi connectivity index (χ1v) is 7.15. The highest BCUT2D eigenvalue weighted by atomic mass is 32.1. The van der Waals surface area contributed by atoms with Crippen molar-refractivity contribution in [2.24, 2.45) is 7.05 Å². The van der Waals surface area contributed by atoms with Gasteiger partial charge < -0.3 is 14.6 Å². The zero-order valence-corrected chi connectivity index (χ0v) is 12.4. The minimum Gasteiger partial charge on any atom is -0.363 e. The largest absolute Gasteiger partial charge is 0.363 e. The summed E-state index contributed by atoms with van der Waals surface area (Å²) < 4.78 is 7.88. The Morgan fingerprint density at radius 3 is 3.14 bits per heavy atom. The number of nitrogens with zero attached hydrogens (tertiary/aromatic N) is 2. The van der Waals surface area contributed by atoms with Gasteiger partial charge in [0.25, 0.3) is 5.91 Å². The first-order chi connectivity index (χ1) is 10.2. The molecule has 0 aliphatic carbocycles. The van der Waals surface area contributed by atoms with E-state index in [-0.39, 0.29) is 5.91 Å². The topological polar surface area (TPSA) is 71.9 Å². The molecule has 7 heteroatoms. The molecule has 110 valence electrons. The molecule has 0 radical (unpaired) electrons. The second-order valence-corrected chi connectivity index (χ2v) is 5.31. The predicted molar refractivity (Wildman–Crippen MR) is 79.1 cm³/mol. The van der Waals surface area contributed by atoms with E-state index in [4.69, 9.17) is 17.0 Å². The van der Waals surface area contributed by atoms with Crippen molar-refractivity contribution in [2.75, 3.05) is 6.61 Å². The van der Waals surface area contributed by atoms with Gasteiger partial charge in [-0.2, -0.15) is 5.10 Å².